The van der Waals surface area contributed by atoms with Gasteiger partial charge in [-0.05, 0) is 23.8 Å². The Labute approximate surface area is 167 Å². The molecule has 150 valence electrons. The number of carbonyl (C=O) groups is 1. The van der Waals surface area contributed by atoms with Gasteiger partial charge in [0, 0.05) is 19.2 Å². The summed E-state index contributed by atoms with van der Waals surface area (Å²) in [5.74, 6) is 1.23. The molecule has 1 fully saturated rings. The summed E-state index contributed by atoms with van der Waals surface area (Å²) in [6.45, 7) is 1.66. The highest BCUT2D eigenvalue weighted by Crippen LogP contribution is 2.28. The SMILES string of the molecule is COc1ccc(/C=C/C(=O)N2CC(n3cc(Cn4nccn4)nn3)C2)cc1OC. The van der Waals surface area contributed by atoms with Gasteiger partial charge in [0.15, 0.2) is 11.5 Å². The summed E-state index contributed by atoms with van der Waals surface area (Å²) in [6, 6.07) is 5.63. The zero-order valence-electron chi connectivity index (χ0n) is 16.2. The fourth-order valence-corrected chi connectivity index (χ4v) is 3.07. The first kappa shape index (κ1) is 18.7. The average Bonchev–Trinajstić information content (AvgIpc) is 3.37. The van der Waals surface area contributed by atoms with Crippen LogP contribution in [0.2, 0.25) is 0 Å². The molecule has 10 nitrogen and oxygen atoms in total. The van der Waals surface area contributed by atoms with Crippen molar-refractivity contribution in [3.63, 3.8) is 0 Å². The van der Waals surface area contributed by atoms with Crippen LogP contribution in [0.4, 0.5) is 0 Å². The number of nitrogens with zero attached hydrogens (tertiary/aromatic N) is 7. The van der Waals surface area contributed by atoms with E-state index in [4.69, 9.17) is 9.47 Å². The molecule has 0 spiro atoms. The normalized spacial score (nSPS) is 14.2. The first-order valence-electron chi connectivity index (χ1n) is 9.10. The van der Waals surface area contributed by atoms with Gasteiger partial charge in [-0.3, -0.25) is 4.79 Å². The zero-order valence-corrected chi connectivity index (χ0v) is 16.2. The van der Waals surface area contributed by atoms with Crippen molar-refractivity contribution in [1.82, 2.24) is 34.9 Å². The maximum Gasteiger partial charge on any atom is 0.246 e. The minimum absolute atomic E-state index is 0.0443. The van der Waals surface area contributed by atoms with Crippen LogP contribution in [0.1, 0.15) is 17.3 Å². The number of aromatic nitrogens is 6. The summed E-state index contributed by atoms with van der Waals surface area (Å²) >= 11 is 0. The van der Waals surface area contributed by atoms with E-state index in [-0.39, 0.29) is 11.9 Å². The standard InChI is InChI=1S/C19H21N7O3/c1-28-17-5-3-14(9-18(17)29-2)4-6-19(27)24-12-16(13-24)25-10-15(22-23-25)11-26-20-7-8-21-26/h3-10,16H,11-13H2,1-2H3/b6-4+. The molecule has 1 saturated heterocycles. The number of ether oxygens (including phenoxy) is 2. The molecule has 29 heavy (non-hydrogen) atoms. The summed E-state index contributed by atoms with van der Waals surface area (Å²) in [6.07, 6.45) is 8.44. The van der Waals surface area contributed by atoms with Gasteiger partial charge < -0.3 is 14.4 Å². The highest BCUT2D eigenvalue weighted by molar-refractivity contribution is 5.92. The second-order valence-electron chi connectivity index (χ2n) is 6.59. The molecule has 3 heterocycles. The van der Waals surface area contributed by atoms with Gasteiger partial charge in [-0.15, -0.1) is 5.10 Å². The number of carbonyl (C=O) groups excluding carboxylic acids is 1. The number of benzene rings is 1. The summed E-state index contributed by atoms with van der Waals surface area (Å²) in [7, 11) is 3.17. The van der Waals surface area contributed by atoms with Crippen molar-refractivity contribution in [3.05, 3.63) is 54.1 Å². The molecule has 0 bridgehead atoms. The molecule has 0 radical (unpaired) electrons. The van der Waals surface area contributed by atoms with Crippen molar-refractivity contribution in [1.29, 1.82) is 0 Å². The number of methoxy groups -OCH3 is 2. The molecular formula is C19H21N7O3. The number of likely N-dealkylation sites (tertiary alicyclic amines) is 1. The van der Waals surface area contributed by atoms with Gasteiger partial charge in [-0.25, -0.2) is 4.68 Å². The van der Waals surface area contributed by atoms with Crippen molar-refractivity contribution in [2.24, 2.45) is 0 Å². The van der Waals surface area contributed by atoms with Gasteiger partial charge >= 0.3 is 0 Å². The lowest BCUT2D eigenvalue weighted by Crippen LogP contribution is -2.50. The lowest BCUT2D eigenvalue weighted by molar-refractivity contribution is -0.131. The number of hydrogen-bond donors (Lipinski definition) is 0. The fourth-order valence-electron chi connectivity index (χ4n) is 3.07. The molecule has 0 aliphatic carbocycles. The second-order valence-corrected chi connectivity index (χ2v) is 6.59. The van der Waals surface area contributed by atoms with Crippen LogP contribution in [0.5, 0.6) is 11.5 Å². The lowest BCUT2D eigenvalue weighted by atomic mass is 10.1. The molecule has 3 aromatic rings. The Hall–Kier alpha value is -3.69. The van der Waals surface area contributed by atoms with Gasteiger partial charge in [0.25, 0.3) is 0 Å². The molecule has 0 atom stereocenters. The Morgan fingerprint density at radius 1 is 1.17 bits per heavy atom. The monoisotopic (exact) mass is 395 g/mol. The van der Waals surface area contributed by atoms with Crippen LogP contribution in [-0.4, -0.2) is 68.1 Å². The molecule has 0 unspecified atom stereocenters. The molecule has 4 rings (SSSR count). The zero-order chi connectivity index (χ0) is 20.2. The summed E-state index contributed by atoms with van der Waals surface area (Å²) < 4.78 is 12.3. The predicted octanol–water partition coefficient (Wildman–Crippen LogP) is 1.03. The van der Waals surface area contributed by atoms with E-state index in [0.29, 0.717) is 31.1 Å². The van der Waals surface area contributed by atoms with Crippen molar-refractivity contribution >= 4 is 12.0 Å². The van der Waals surface area contributed by atoms with Crippen LogP contribution in [0.25, 0.3) is 6.08 Å². The van der Waals surface area contributed by atoms with Crippen molar-refractivity contribution < 1.29 is 14.3 Å². The van der Waals surface area contributed by atoms with E-state index in [0.717, 1.165) is 11.3 Å². The molecule has 10 heteroatoms. The van der Waals surface area contributed by atoms with E-state index in [2.05, 4.69) is 20.5 Å². The van der Waals surface area contributed by atoms with Crippen LogP contribution >= 0.6 is 0 Å². The number of hydrogen-bond acceptors (Lipinski definition) is 7. The molecule has 0 saturated carbocycles. The molecule has 2 aromatic heterocycles. The highest BCUT2D eigenvalue weighted by Gasteiger charge is 2.31. The van der Waals surface area contributed by atoms with Gasteiger partial charge in [0.1, 0.15) is 12.2 Å². The van der Waals surface area contributed by atoms with E-state index in [1.807, 2.05) is 24.4 Å². The van der Waals surface area contributed by atoms with Gasteiger partial charge in [0.2, 0.25) is 5.91 Å². The molecular weight excluding hydrogens is 374 g/mol. The van der Waals surface area contributed by atoms with Crippen LogP contribution in [0.15, 0.2) is 42.9 Å². The third-order valence-corrected chi connectivity index (χ3v) is 4.70. The Morgan fingerprint density at radius 2 is 1.93 bits per heavy atom. The Kier molecular flexibility index (Phi) is 5.23. The van der Waals surface area contributed by atoms with Crippen LogP contribution in [0, 0.1) is 0 Å². The first-order chi connectivity index (χ1) is 14.2. The smallest absolute Gasteiger partial charge is 0.246 e. The van der Waals surface area contributed by atoms with E-state index in [9.17, 15) is 4.79 Å². The van der Waals surface area contributed by atoms with Crippen LogP contribution in [-0.2, 0) is 11.3 Å². The number of amides is 1. The molecule has 1 aliphatic heterocycles. The maximum absolute atomic E-state index is 12.4. The van der Waals surface area contributed by atoms with Crippen molar-refractivity contribution in [3.8, 4) is 11.5 Å². The highest BCUT2D eigenvalue weighted by atomic mass is 16.5. The molecule has 1 amide bonds. The second kappa shape index (κ2) is 8.13. The van der Waals surface area contributed by atoms with Crippen molar-refractivity contribution in [2.75, 3.05) is 27.3 Å². The van der Waals surface area contributed by atoms with Gasteiger partial charge in [-0.2, -0.15) is 15.0 Å². The molecule has 1 aromatic carbocycles. The van der Waals surface area contributed by atoms with Gasteiger partial charge in [-0.1, -0.05) is 11.3 Å². The summed E-state index contributed by atoms with van der Waals surface area (Å²) in [5, 5.41) is 16.4. The predicted molar refractivity (Wildman–Crippen MR) is 103 cm³/mol. The van der Waals surface area contributed by atoms with Crippen molar-refractivity contribution in [2.45, 2.75) is 12.6 Å². The van der Waals surface area contributed by atoms with Crippen LogP contribution in [0.3, 0.4) is 0 Å². The Bertz CT molecular complexity index is 1010. The Balaban J connectivity index is 1.31. The summed E-state index contributed by atoms with van der Waals surface area (Å²) in [4.78, 5) is 15.7. The third-order valence-electron chi connectivity index (χ3n) is 4.70. The lowest BCUT2D eigenvalue weighted by Gasteiger charge is -2.38. The Morgan fingerprint density at radius 3 is 2.66 bits per heavy atom. The summed E-state index contributed by atoms with van der Waals surface area (Å²) in [5.41, 5.74) is 1.64. The van der Waals surface area contributed by atoms with E-state index < -0.39 is 0 Å². The third kappa shape index (κ3) is 4.10. The quantitative estimate of drug-likeness (QED) is 0.551. The van der Waals surface area contributed by atoms with E-state index >= 15 is 0 Å². The van der Waals surface area contributed by atoms with Gasteiger partial charge in [0.05, 0.1) is 38.9 Å². The minimum Gasteiger partial charge on any atom is -0.493 e. The minimum atomic E-state index is -0.0443. The van der Waals surface area contributed by atoms with E-state index in [1.54, 1.807) is 53.1 Å². The average molecular weight is 395 g/mol. The number of rotatable bonds is 7. The first-order valence-corrected chi connectivity index (χ1v) is 9.10. The van der Waals surface area contributed by atoms with Crippen LogP contribution < -0.4 is 9.47 Å². The fraction of sp³-hybridized carbons (Fsp3) is 0.316. The molecule has 0 N–H and O–H groups in total. The largest absolute Gasteiger partial charge is 0.493 e. The topological polar surface area (TPSA) is 100 Å². The van der Waals surface area contributed by atoms with E-state index in [1.165, 1.54) is 0 Å². The molecule has 1 aliphatic rings. The maximum atomic E-state index is 12.4.